The van der Waals surface area contributed by atoms with Crippen LogP contribution in [0.2, 0.25) is 5.15 Å². The first-order valence-corrected chi connectivity index (χ1v) is 6.64. The number of rotatable bonds is 3. The number of carbonyl (C=O) groups is 1. The van der Waals surface area contributed by atoms with Gasteiger partial charge in [0.2, 0.25) is 0 Å². The van der Waals surface area contributed by atoms with Crippen molar-refractivity contribution in [2.24, 2.45) is 0 Å². The van der Waals surface area contributed by atoms with Crippen LogP contribution in [-0.2, 0) is 11.2 Å². The SMILES string of the molecule is CCc1cnc(Cl)cc1-c1cc(C)ncc1C(=O)OC. The topological polar surface area (TPSA) is 52.1 Å². The van der Waals surface area contributed by atoms with Gasteiger partial charge in [0.05, 0.1) is 12.7 Å². The first-order valence-electron chi connectivity index (χ1n) is 6.26. The van der Waals surface area contributed by atoms with E-state index in [1.807, 2.05) is 19.9 Å². The molecule has 5 heteroatoms. The zero-order valence-corrected chi connectivity index (χ0v) is 12.4. The number of aromatic nitrogens is 2. The van der Waals surface area contributed by atoms with Crippen molar-refractivity contribution in [1.29, 1.82) is 0 Å². The van der Waals surface area contributed by atoms with E-state index < -0.39 is 5.97 Å². The number of carbonyl (C=O) groups excluding carboxylic acids is 1. The Kier molecular flexibility index (Phi) is 4.35. The van der Waals surface area contributed by atoms with Crippen molar-refractivity contribution >= 4 is 17.6 Å². The quantitative estimate of drug-likeness (QED) is 0.642. The van der Waals surface area contributed by atoms with Crippen molar-refractivity contribution in [2.75, 3.05) is 7.11 Å². The van der Waals surface area contributed by atoms with Crippen LogP contribution in [0.25, 0.3) is 11.1 Å². The van der Waals surface area contributed by atoms with Crippen molar-refractivity contribution in [1.82, 2.24) is 9.97 Å². The summed E-state index contributed by atoms with van der Waals surface area (Å²) >= 11 is 5.99. The molecule has 20 heavy (non-hydrogen) atoms. The van der Waals surface area contributed by atoms with Gasteiger partial charge in [0.15, 0.2) is 0 Å². The van der Waals surface area contributed by atoms with E-state index in [9.17, 15) is 4.79 Å². The Hall–Kier alpha value is -1.94. The fraction of sp³-hybridized carbons (Fsp3) is 0.267. The van der Waals surface area contributed by atoms with Gasteiger partial charge in [-0.2, -0.15) is 0 Å². The van der Waals surface area contributed by atoms with Gasteiger partial charge >= 0.3 is 5.97 Å². The van der Waals surface area contributed by atoms with Crippen molar-refractivity contribution in [3.8, 4) is 11.1 Å². The summed E-state index contributed by atoms with van der Waals surface area (Å²) in [7, 11) is 1.35. The second-order valence-electron chi connectivity index (χ2n) is 4.38. The lowest BCUT2D eigenvalue weighted by Crippen LogP contribution is -2.06. The number of halogens is 1. The second kappa shape index (κ2) is 6.01. The Balaban J connectivity index is 2.71. The zero-order chi connectivity index (χ0) is 14.7. The monoisotopic (exact) mass is 290 g/mol. The van der Waals surface area contributed by atoms with Crippen LogP contribution in [0.5, 0.6) is 0 Å². The molecule has 0 aromatic carbocycles. The van der Waals surface area contributed by atoms with Crippen LogP contribution in [0.4, 0.5) is 0 Å². The van der Waals surface area contributed by atoms with Gasteiger partial charge in [0.1, 0.15) is 5.15 Å². The van der Waals surface area contributed by atoms with Gasteiger partial charge in [-0.15, -0.1) is 0 Å². The molecule has 0 atom stereocenters. The molecule has 0 aliphatic carbocycles. The lowest BCUT2D eigenvalue weighted by Gasteiger charge is -2.12. The molecule has 2 heterocycles. The highest BCUT2D eigenvalue weighted by molar-refractivity contribution is 6.29. The average molecular weight is 291 g/mol. The smallest absolute Gasteiger partial charge is 0.340 e. The number of aryl methyl sites for hydroxylation is 2. The maximum Gasteiger partial charge on any atom is 0.340 e. The number of hydrogen-bond acceptors (Lipinski definition) is 4. The lowest BCUT2D eigenvalue weighted by atomic mass is 9.96. The molecular weight excluding hydrogens is 276 g/mol. The average Bonchev–Trinajstić information content (AvgIpc) is 2.46. The van der Waals surface area contributed by atoms with Gasteiger partial charge in [-0.05, 0) is 42.2 Å². The van der Waals surface area contributed by atoms with Crippen molar-refractivity contribution in [2.45, 2.75) is 20.3 Å². The van der Waals surface area contributed by atoms with E-state index >= 15 is 0 Å². The fourth-order valence-electron chi connectivity index (χ4n) is 2.05. The third kappa shape index (κ3) is 2.80. The Morgan fingerprint density at radius 2 is 2.00 bits per heavy atom. The van der Waals surface area contributed by atoms with E-state index in [1.165, 1.54) is 13.3 Å². The highest BCUT2D eigenvalue weighted by atomic mass is 35.5. The Bertz CT molecular complexity index is 656. The molecule has 2 aromatic rings. The van der Waals surface area contributed by atoms with E-state index in [2.05, 4.69) is 9.97 Å². The molecule has 0 aliphatic rings. The minimum atomic E-state index is -0.414. The molecule has 0 fully saturated rings. The van der Waals surface area contributed by atoms with Crippen LogP contribution >= 0.6 is 11.6 Å². The highest BCUT2D eigenvalue weighted by Crippen LogP contribution is 2.29. The molecule has 0 saturated carbocycles. The number of hydrogen-bond donors (Lipinski definition) is 0. The third-order valence-electron chi connectivity index (χ3n) is 3.07. The van der Waals surface area contributed by atoms with Crippen molar-refractivity contribution < 1.29 is 9.53 Å². The summed E-state index contributed by atoms with van der Waals surface area (Å²) in [6.07, 6.45) is 4.06. The lowest BCUT2D eigenvalue weighted by molar-refractivity contribution is 0.0601. The summed E-state index contributed by atoms with van der Waals surface area (Å²) in [5.41, 5.74) is 3.92. The fourth-order valence-corrected chi connectivity index (χ4v) is 2.20. The van der Waals surface area contributed by atoms with Gasteiger partial charge < -0.3 is 4.74 Å². The molecule has 0 radical (unpaired) electrons. The van der Waals surface area contributed by atoms with Crippen LogP contribution in [0.15, 0.2) is 24.5 Å². The van der Waals surface area contributed by atoms with E-state index in [-0.39, 0.29) is 0 Å². The summed E-state index contributed by atoms with van der Waals surface area (Å²) in [5.74, 6) is -0.414. The number of nitrogens with zero attached hydrogens (tertiary/aromatic N) is 2. The largest absolute Gasteiger partial charge is 0.465 e. The first kappa shape index (κ1) is 14.5. The van der Waals surface area contributed by atoms with E-state index in [4.69, 9.17) is 16.3 Å². The van der Waals surface area contributed by atoms with Crippen LogP contribution in [-0.4, -0.2) is 23.0 Å². The molecule has 0 saturated heterocycles. The predicted molar refractivity (Wildman–Crippen MR) is 77.9 cm³/mol. The standard InChI is InChI=1S/C15H15ClN2O2/c1-4-10-7-18-14(16)6-11(10)12-5-9(2)17-8-13(12)15(19)20-3/h5-8H,4H2,1-3H3. The maximum absolute atomic E-state index is 11.9. The molecule has 0 N–H and O–H groups in total. The summed E-state index contributed by atoms with van der Waals surface area (Å²) in [6, 6.07) is 3.62. The number of pyridine rings is 2. The van der Waals surface area contributed by atoms with Crippen LogP contribution in [0.3, 0.4) is 0 Å². The molecule has 0 unspecified atom stereocenters. The molecule has 2 aromatic heterocycles. The van der Waals surface area contributed by atoms with Crippen LogP contribution in [0.1, 0.15) is 28.5 Å². The minimum Gasteiger partial charge on any atom is -0.465 e. The molecule has 0 bridgehead atoms. The summed E-state index contributed by atoms with van der Waals surface area (Å²) in [6.45, 7) is 3.90. The normalized spacial score (nSPS) is 10.4. The number of ether oxygens (including phenoxy) is 1. The zero-order valence-electron chi connectivity index (χ0n) is 11.6. The van der Waals surface area contributed by atoms with Gasteiger partial charge in [0.25, 0.3) is 0 Å². The molecule has 4 nitrogen and oxygen atoms in total. The molecular formula is C15H15ClN2O2. The second-order valence-corrected chi connectivity index (χ2v) is 4.77. The first-order chi connectivity index (χ1) is 9.56. The van der Waals surface area contributed by atoms with Crippen LogP contribution < -0.4 is 0 Å². The van der Waals surface area contributed by atoms with E-state index in [0.29, 0.717) is 10.7 Å². The van der Waals surface area contributed by atoms with E-state index in [0.717, 1.165) is 28.8 Å². The van der Waals surface area contributed by atoms with Gasteiger partial charge in [-0.1, -0.05) is 18.5 Å². The van der Waals surface area contributed by atoms with Crippen molar-refractivity contribution in [3.63, 3.8) is 0 Å². The summed E-state index contributed by atoms with van der Waals surface area (Å²) in [4.78, 5) is 20.1. The molecule has 104 valence electrons. The van der Waals surface area contributed by atoms with Gasteiger partial charge in [-0.25, -0.2) is 9.78 Å². The molecule has 2 rings (SSSR count). The third-order valence-corrected chi connectivity index (χ3v) is 3.28. The minimum absolute atomic E-state index is 0.391. The van der Waals surface area contributed by atoms with Gasteiger partial charge in [-0.3, -0.25) is 4.98 Å². The number of methoxy groups -OCH3 is 1. The molecule has 0 spiro atoms. The molecule has 0 amide bonds. The summed E-state index contributed by atoms with van der Waals surface area (Å²) < 4.78 is 4.81. The highest BCUT2D eigenvalue weighted by Gasteiger charge is 2.17. The van der Waals surface area contributed by atoms with Crippen molar-refractivity contribution in [3.05, 3.63) is 46.5 Å². The predicted octanol–water partition coefficient (Wildman–Crippen LogP) is 3.45. The van der Waals surface area contributed by atoms with Gasteiger partial charge in [0, 0.05) is 18.1 Å². The Morgan fingerprint density at radius 1 is 1.25 bits per heavy atom. The summed E-state index contributed by atoms with van der Waals surface area (Å²) in [5, 5.41) is 0.391. The Labute approximate surface area is 122 Å². The Morgan fingerprint density at radius 3 is 2.65 bits per heavy atom. The number of esters is 1. The van der Waals surface area contributed by atoms with E-state index in [1.54, 1.807) is 12.3 Å². The van der Waals surface area contributed by atoms with Crippen LogP contribution in [0, 0.1) is 6.92 Å². The molecule has 0 aliphatic heterocycles. The maximum atomic E-state index is 11.9.